The van der Waals surface area contributed by atoms with E-state index in [1.807, 2.05) is 29.6 Å². The van der Waals surface area contributed by atoms with Crippen LogP contribution in [-0.2, 0) is 4.79 Å². The highest BCUT2D eigenvalue weighted by atomic mass is 32.2. The van der Waals surface area contributed by atoms with E-state index >= 15 is 0 Å². The van der Waals surface area contributed by atoms with Gasteiger partial charge < -0.3 is 0 Å². The van der Waals surface area contributed by atoms with Crippen molar-refractivity contribution in [3.05, 3.63) is 58.1 Å². The number of carbonyl (C=O) groups excluding carboxylic acids is 1. The van der Waals surface area contributed by atoms with E-state index in [0.29, 0.717) is 10.2 Å². The van der Waals surface area contributed by atoms with Gasteiger partial charge in [-0.2, -0.15) is 15.1 Å². The Balaban J connectivity index is 1.71. The van der Waals surface area contributed by atoms with Gasteiger partial charge in [-0.3, -0.25) is 15.2 Å². The van der Waals surface area contributed by atoms with Crippen LogP contribution in [0.5, 0.6) is 0 Å². The van der Waals surface area contributed by atoms with Crippen LogP contribution in [0.25, 0.3) is 6.08 Å². The lowest BCUT2D eigenvalue weighted by Gasteiger charge is -2.19. The first-order chi connectivity index (χ1) is 11.2. The molecule has 112 valence electrons. The van der Waals surface area contributed by atoms with Crippen molar-refractivity contribution in [3.63, 3.8) is 0 Å². The normalized spacial score (nSPS) is 19.0. The number of aliphatic imine (C=N–C) groups is 1. The summed E-state index contributed by atoms with van der Waals surface area (Å²) in [5.41, 5.74) is 1.13. The van der Waals surface area contributed by atoms with Gasteiger partial charge in [0.05, 0.1) is 5.57 Å². The van der Waals surface area contributed by atoms with Crippen molar-refractivity contribution in [2.24, 2.45) is 10.1 Å². The van der Waals surface area contributed by atoms with E-state index < -0.39 is 5.91 Å². The molecule has 2 aliphatic rings. The second-order valence-electron chi connectivity index (χ2n) is 4.68. The Labute approximate surface area is 139 Å². The van der Waals surface area contributed by atoms with Gasteiger partial charge in [0.15, 0.2) is 5.84 Å². The Morgan fingerprint density at radius 1 is 1.22 bits per heavy atom. The molecule has 2 aromatic heterocycles. The van der Waals surface area contributed by atoms with Gasteiger partial charge in [-0.15, -0.1) is 11.3 Å². The molecule has 1 N–H and O–H groups in total. The zero-order valence-corrected chi connectivity index (χ0v) is 13.3. The predicted octanol–water partition coefficient (Wildman–Crippen LogP) is 2.81. The van der Waals surface area contributed by atoms with E-state index in [9.17, 15) is 4.79 Å². The molecule has 2 aliphatic heterocycles. The minimum atomic E-state index is -0.409. The molecule has 4 heterocycles. The standard InChI is InChI=1S/C15H9N5OS2/c16-12-11(8-10-2-1-7-22-10)13(21)18-15-20(12)19-14(23-15)9-3-5-17-6-4-9/h1-8,16H/b11-8+,16-12?. The van der Waals surface area contributed by atoms with Crippen LogP contribution in [0.15, 0.2) is 57.7 Å². The average molecular weight is 339 g/mol. The lowest BCUT2D eigenvalue weighted by atomic mass is 10.1. The molecule has 0 bridgehead atoms. The molecule has 0 atom stereocenters. The summed E-state index contributed by atoms with van der Waals surface area (Å²) >= 11 is 2.78. The molecule has 0 spiro atoms. The predicted molar refractivity (Wildman–Crippen MR) is 92.7 cm³/mol. The number of pyridine rings is 1. The third-order valence-corrected chi connectivity index (χ3v) is 4.99. The number of fused-ring (bicyclic) bond motifs is 1. The number of carbonyl (C=O) groups is 1. The first-order valence-corrected chi connectivity index (χ1v) is 8.36. The first-order valence-electron chi connectivity index (χ1n) is 6.66. The van der Waals surface area contributed by atoms with Gasteiger partial charge in [0, 0.05) is 22.8 Å². The van der Waals surface area contributed by atoms with Crippen molar-refractivity contribution < 1.29 is 4.79 Å². The Morgan fingerprint density at radius 3 is 2.78 bits per heavy atom. The summed E-state index contributed by atoms with van der Waals surface area (Å²) in [5.74, 6) is -0.363. The molecule has 2 aromatic rings. The number of aromatic nitrogens is 1. The maximum absolute atomic E-state index is 12.2. The summed E-state index contributed by atoms with van der Waals surface area (Å²) in [4.78, 5) is 21.2. The number of amides is 1. The zero-order valence-electron chi connectivity index (χ0n) is 11.6. The van der Waals surface area contributed by atoms with Crippen LogP contribution in [0, 0.1) is 5.41 Å². The highest BCUT2D eigenvalue weighted by molar-refractivity contribution is 8.27. The van der Waals surface area contributed by atoms with Gasteiger partial charge in [-0.05, 0) is 41.4 Å². The Kier molecular flexibility index (Phi) is 3.40. The number of amidine groups is 2. The van der Waals surface area contributed by atoms with Crippen molar-refractivity contribution >= 4 is 51.1 Å². The molecular weight excluding hydrogens is 330 g/mol. The second-order valence-corrected chi connectivity index (χ2v) is 6.61. The van der Waals surface area contributed by atoms with Crippen molar-refractivity contribution in [2.75, 3.05) is 0 Å². The fourth-order valence-electron chi connectivity index (χ4n) is 2.12. The van der Waals surface area contributed by atoms with Gasteiger partial charge in [-0.1, -0.05) is 6.07 Å². The molecule has 23 heavy (non-hydrogen) atoms. The minimum absolute atomic E-state index is 0.0463. The third kappa shape index (κ3) is 2.51. The molecule has 0 aliphatic carbocycles. The molecule has 0 saturated carbocycles. The fraction of sp³-hybridized carbons (Fsp3) is 0. The highest BCUT2D eigenvalue weighted by Gasteiger charge is 2.35. The number of hydrogen-bond acceptors (Lipinski definition) is 6. The van der Waals surface area contributed by atoms with Crippen molar-refractivity contribution in [1.82, 2.24) is 9.99 Å². The van der Waals surface area contributed by atoms with Crippen LogP contribution in [0.2, 0.25) is 0 Å². The summed E-state index contributed by atoms with van der Waals surface area (Å²) in [6, 6.07) is 7.45. The highest BCUT2D eigenvalue weighted by Crippen LogP contribution is 2.30. The quantitative estimate of drug-likeness (QED) is 0.853. The van der Waals surface area contributed by atoms with E-state index in [4.69, 9.17) is 5.41 Å². The average Bonchev–Trinajstić information content (AvgIpc) is 3.22. The molecular formula is C15H9N5OS2. The maximum Gasteiger partial charge on any atom is 0.283 e. The van der Waals surface area contributed by atoms with Crippen LogP contribution < -0.4 is 0 Å². The molecule has 0 unspecified atom stereocenters. The van der Waals surface area contributed by atoms with Crippen molar-refractivity contribution in [3.8, 4) is 0 Å². The Bertz CT molecular complexity index is 884. The maximum atomic E-state index is 12.2. The van der Waals surface area contributed by atoms with Gasteiger partial charge in [0.1, 0.15) is 5.04 Å². The van der Waals surface area contributed by atoms with Gasteiger partial charge in [0.25, 0.3) is 5.91 Å². The monoisotopic (exact) mass is 339 g/mol. The second kappa shape index (κ2) is 5.56. The molecule has 4 rings (SSSR count). The number of thiophene rings is 1. The van der Waals surface area contributed by atoms with E-state index in [1.54, 1.807) is 18.5 Å². The lowest BCUT2D eigenvalue weighted by Crippen LogP contribution is -2.35. The smallest absolute Gasteiger partial charge is 0.282 e. The Hall–Kier alpha value is -2.58. The number of nitrogens with one attached hydrogen (secondary N) is 1. The molecule has 1 amide bonds. The van der Waals surface area contributed by atoms with Crippen LogP contribution >= 0.6 is 23.1 Å². The number of thioether (sulfide) groups is 1. The van der Waals surface area contributed by atoms with Crippen LogP contribution in [0.1, 0.15) is 10.4 Å². The zero-order chi connectivity index (χ0) is 15.8. The van der Waals surface area contributed by atoms with Crippen molar-refractivity contribution in [1.29, 1.82) is 5.41 Å². The van der Waals surface area contributed by atoms with E-state index in [1.165, 1.54) is 28.1 Å². The van der Waals surface area contributed by atoms with Crippen LogP contribution in [-0.4, -0.2) is 31.9 Å². The topological polar surface area (TPSA) is 81.8 Å². The fourth-order valence-corrected chi connectivity index (χ4v) is 3.67. The molecule has 0 aromatic carbocycles. The molecule has 6 nitrogen and oxygen atoms in total. The van der Waals surface area contributed by atoms with Gasteiger partial charge in [-0.25, -0.2) is 0 Å². The van der Waals surface area contributed by atoms with E-state index in [0.717, 1.165) is 10.4 Å². The Morgan fingerprint density at radius 2 is 2.04 bits per heavy atom. The summed E-state index contributed by atoms with van der Waals surface area (Å²) < 4.78 is 0. The molecule has 0 fully saturated rings. The summed E-state index contributed by atoms with van der Waals surface area (Å²) in [7, 11) is 0. The van der Waals surface area contributed by atoms with Gasteiger partial charge >= 0.3 is 0 Å². The largest absolute Gasteiger partial charge is 0.283 e. The van der Waals surface area contributed by atoms with Crippen molar-refractivity contribution in [2.45, 2.75) is 0 Å². The van der Waals surface area contributed by atoms with Gasteiger partial charge in [0.2, 0.25) is 5.17 Å². The molecule has 8 heteroatoms. The van der Waals surface area contributed by atoms with E-state index in [2.05, 4.69) is 15.1 Å². The minimum Gasteiger partial charge on any atom is -0.282 e. The number of hydrogen-bond donors (Lipinski definition) is 1. The SMILES string of the molecule is N=C1/C(=C\c2cccs2)C(=O)N=C2SC(c3ccncc3)=NN12. The number of nitrogens with zero attached hydrogens (tertiary/aromatic N) is 4. The van der Waals surface area contributed by atoms with E-state index in [-0.39, 0.29) is 11.4 Å². The summed E-state index contributed by atoms with van der Waals surface area (Å²) in [5, 5.41) is 17.1. The molecule has 0 radical (unpaired) electrons. The number of rotatable bonds is 2. The van der Waals surface area contributed by atoms with Crippen LogP contribution in [0.4, 0.5) is 0 Å². The first kappa shape index (κ1) is 14.0. The lowest BCUT2D eigenvalue weighted by molar-refractivity contribution is -0.114. The van der Waals surface area contributed by atoms with Crippen LogP contribution in [0.3, 0.4) is 0 Å². The third-order valence-electron chi connectivity index (χ3n) is 3.21. The number of hydrazone groups is 1. The summed E-state index contributed by atoms with van der Waals surface area (Å²) in [6.45, 7) is 0. The summed E-state index contributed by atoms with van der Waals surface area (Å²) in [6.07, 6.45) is 5.03. The molecule has 0 saturated heterocycles.